The average molecular weight is 324 g/mol. The molecule has 0 spiro atoms. The molecule has 0 aliphatic carbocycles. The minimum absolute atomic E-state index is 0.123. The molecule has 0 bridgehead atoms. The van der Waals surface area contributed by atoms with Gasteiger partial charge in [0.25, 0.3) is 0 Å². The number of benzene rings is 1. The van der Waals surface area contributed by atoms with Crippen LogP contribution in [0.15, 0.2) is 24.4 Å². The quantitative estimate of drug-likeness (QED) is 0.875. The third-order valence-electron chi connectivity index (χ3n) is 3.23. The van der Waals surface area contributed by atoms with Gasteiger partial charge in [0.05, 0.1) is 22.3 Å². The molecule has 21 heavy (non-hydrogen) atoms. The van der Waals surface area contributed by atoms with Crippen molar-refractivity contribution in [2.24, 2.45) is 0 Å². The Morgan fingerprint density at radius 1 is 1.29 bits per heavy atom. The number of para-hydroxylation sites is 1. The van der Waals surface area contributed by atoms with Gasteiger partial charge in [-0.1, -0.05) is 29.3 Å². The van der Waals surface area contributed by atoms with Crippen molar-refractivity contribution in [1.82, 2.24) is 9.97 Å². The lowest BCUT2D eigenvalue weighted by Gasteiger charge is -2.34. The molecule has 0 radical (unpaired) electrons. The lowest BCUT2D eigenvalue weighted by atomic mass is 10.2. The standard InChI is InChI=1S/C13H11Cl2N5O/c1-19-11-7(5-17-12(16)18-11)6-20(13(19)21)10-8(14)3-2-4-9(10)15/h2-5H,6H2,1H3,(H2,16,17,18). The summed E-state index contributed by atoms with van der Waals surface area (Å²) in [7, 11) is 1.62. The predicted octanol–water partition coefficient (Wildman–Crippen LogP) is 2.94. The molecule has 0 saturated carbocycles. The van der Waals surface area contributed by atoms with E-state index in [-0.39, 0.29) is 18.5 Å². The number of amides is 2. The zero-order chi connectivity index (χ0) is 15.1. The Labute approximate surface area is 131 Å². The summed E-state index contributed by atoms with van der Waals surface area (Å²) in [4.78, 5) is 23.5. The van der Waals surface area contributed by atoms with E-state index in [1.807, 2.05) is 0 Å². The first-order valence-corrected chi connectivity index (χ1v) is 6.85. The molecule has 0 saturated heterocycles. The number of nitrogens with two attached hydrogens (primary N) is 1. The van der Waals surface area contributed by atoms with Gasteiger partial charge in [0.15, 0.2) is 0 Å². The highest BCUT2D eigenvalue weighted by Crippen LogP contribution is 2.38. The summed E-state index contributed by atoms with van der Waals surface area (Å²) in [5, 5.41) is 0.813. The van der Waals surface area contributed by atoms with Gasteiger partial charge in [0, 0.05) is 18.8 Å². The van der Waals surface area contributed by atoms with Crippen molar-refractivity contribution in [3.63, 3.8) is 0 Å². The number of carbonyl (C=O) groups is 1. The molecule has 1 aromatic heterocycles. The molecule has 6 nitrogen and oxygen atoms in total. The van der Waals surface area contributed by atoms with E-state index in [2.05, 4.69) is 9.97 Å². The highest BCUT2D eigenvalue weighted by Gasteiger charge is 2.32. The van der Waals surface area contributed by atoms with Crippen LogP contribution in [-0.2, 0) is 6.54 Å². The van der Waals surface area contributed by atoms with E-state index in [1.54, 1.807) is 31.4 Å². The highest BCUT2D eigenvalue weighted by molar-refractivity contribution is 6.40. The van der Waals surface area contributed by atoms with Gasteiger partial charge in [-0.05, 0) is 12.1 Å². The first kappa shape index (κ1) is 13.9. The van der Waals surface area contributed by atoms with Crippen LogP contribution in [0.5, 0.6) is 0 Å². The van der Waals surface area contributed by atoms with Crippen molar-refractivity contribution in [3.8, 4) is 0 Å². The maximum atomic E-state index is 12.5. The van der Waals surface area contributed by atoms with Gasteiger partial charge in [0.2, 0.25) is 5.95 Å². The molecular weight excluding hydrogens is 313 g/mol. The number of aromatic nitrogens is 2. The Hall–Kier alpha value is -2.05. The minimum atomic E-state index is -0.282. The number of fused-ring (bicyclic) bond motifs is 1. The number of hydrogen-bond donors (Lipinski definition) is 1. The van der Waals surface area contributed by atoms with Crippen molar-refractivity contribution in [3.05, 3.63) is 40.0 Å². The van der Waals surface area contributed by atoms with Gasteiger partial charge in [-0.2, -0.15) is 4.98 Å². The number of nitrogen functional groups attached to an aromatic ring is 1. The number of halogens is 2. The lowest BCUT2D eigenvalue weighted by Crippen LogP contribution is -2.46. The number of rotatable bonds is 1. The van der Waals surface area contributed by atoms with Gasteiger partial charge in [-0.3, -0.25) is 9.80 Å². The summed E-state index contributed by atoms with van der Waals surface area (Å²) in [5.74, 6) is 0.615. The number of urea groups is 1. The molecular formula is C13H11Cl2N5O. The van der Waals surface area contributed by atoms with Crippen molar-refractivity contribution in [1.29, 1.82) is 0 Å². The van der Waals surface area contributed by atoms with Crippen LogP contribution in [0.4, 0.5) is 22.2 Å². The number of nitrogens with zero attached hydrogens (tertiary/aromatic N) is 4. The molecule has 2 N–H and O–H groups in total. The van der Waals surface area contributed by atoms with Crippen LogP contribution in [0.3, 0.4) is 0 Å². The van der Waals surface area contributed by atoms with E-state index < -0.39 is 0 Å². The molecule has 2 aromatic rings. The molecule has 1 aliphatic rings. The maximum Gasteiger partial charge on any atom is 0.330 e. The van der Waals surface area contributed by atoms with Gasteiger partial charge in [-0.15, -0.1) is 0 Å². The van der Waals surface area contributed by atoms with Crippen molar-refractivity contribution in [2.75, 3.05) is 22.6 Å². The third-order valence-corrected chi connectivity index (χ3v) is 3.84. The molecule has 2 amide bonds. The van der Waals surface area contributed by atoms with Crippen LogP contribution >= 0.6 is 23.2 Å². The van der Waals surface area contributed by atoms with E-state index in [0.717, 1.165) is 5.56 Å². The third kappa shape index (κ3) is 2.26. The van der Waals surface area contributed by atoms with E-state index >= 15 is 0 Å². The smallest absolute Gasteiger partial charge is 0.330 e. The molecule has 0 atom stereocenters. The highest BCUT2D eigenvalue weighted by atomic mass is 35.5. The van der Waals surface area contributed by atoms with Crippen LogP contribution in [0.1, 0.15) is 5.56 Å². The normalized spacial score (nSPS) is 14.3. The zero-order valence-corrected chi connectivity index (χ0v) is 12.6. The summed E-state index contributed by atoms with van der Waals surface area (Å²) in [6.07, 6.45) is 1.60. The van der Waals surface area contributed by atoms with Crippen LogP contribution in [0, 0.1) is 0 Å². The van der Waals surface area contributed by atoms with Crippen LogP contribution in [0.25, 0.3) is 0 Å². The molecule has 1 aliphatic heterocycles. The fourth-order valence-corrected chi connectivity index (χ4v) is 2.85. The summed E-state index contributed by atoms with van der Waals surface area (Å²) in [5.41, 5.74) is 6.81. The molecule has 0 unspecified atom stereocenters. The Bertz CT molecular complexity index is 716. The van der Waals surface area contributed by atoms with Crippen molar-refractivity contribution >= 4 is 46.7 Å². The number of hydrogen-bond acceptors (Lipinski definition) is 4. The zero-order valence-electron chi connectivity index (χ0n) is 11.0. The Morgan fingerprint density at radius 2 is 1.95 bits per heavy atom. The molecule has 3 rings (SSSR count). The monoisotopic (exact) mass is 323 g/mol. The van der Waals surface area contributed by atoms with E-state index in [4.69, 9.17) is 28.9 Å². The first-order chi connectivity index (χ1) is 9.99. The molecule has 2 heterocycles. The maximum absolute atomic E-state index is 12.5. The average Bonchev–Trinajstić information content (AvgIpc) is 2.44. The van der Waals surface area contributed by atoms with Gasteiger partial charge >= 0.3 is 6.03 Å². The van der Waals surface area contributed by atoms with Crippen LogP contribution in [-0.4, -0.2) is 23.0 Å². The second kappa shape index (κ2) is 5.05. The van der Waals surface area contributed by atoms with Gasteiger partial charge < -0.3 is 5.73 Å². The predicted molar refractivity (Wildman–Crippen MR) is 82.9 cm³/mol. The van der Waals surface area contributed by atoms with E-state index in [1.165, 1.54) is 9.80 Å². The molecule has 0 fully saturated rings. The molecule has 108 valence electrons. The van der Waals surface area contributed by atoms with E-state index in [0.29, 0.717) is 21.6 Å². The summed E-state index contributed by atoms with van der Waals surface area (Å²) in [6, 6.07) is 4.82. The first-order valence-electron chi connectivity index (χ1n) is 6.09. The topological polar surface area (TPSA) is 75.4 Å². The second-order valence-electron chi connectivity index (χ2n) is 4.58. The summed E-state index contributed by atoms with van der Waals surface area (Å²) in [6.45, 7) is 0.280. The fourth-order valence-electron chi connectivity index (χ4n) is 2.24. The number of anilines is 3. The van der Waals surface area contributed by atoms with E-state index in [9.17, 15) is 4.79 Å². The second-order valence-corrected chi connectivity index (χ2v) is 5.39. The lowest BCUT2D eigenvalue weighted by molar-refractivity contribution is 0.251. The van der Waals surface area contributed by atoms with Gasteiger partial charge in [-0.25, -0.2) is 9.78 Å². The Balaban J connectivity index is 2.11. The number of carbonyl (C=O) groups excluding carboxylic acids is 1. The molecule has 8 heteroatoms. The SMILES string of the molecule is CN1C(=O)N(c2c(Cl)cccc2Cl)Cc2cnc(N)nc21. The minimum Gasteiger partial charge on any atom is -0.368 e. The van der Waals surface area contributed by atoms with Crippen LogP contribution in [0.2, 0.25) is 10.0 Å². The Kier molecular flexibility index (Phi) is 3.35. The largest absolute Gasteiger partial charge is 0.368 e. The van der Waals surface area contributed by atoms with Crippen molar-refractivity contribution in [2.45, 2.75) is 6.54 Å². The van der Waals surface area contributed by atoms with Gasteiger partial charge in [0.1, 0.15) is 5.82 Å². The van der Waals surface area contributed by atoms with Crippen LogP contribution < -0.4 is 15.5 Å². The summed E-state index contributed by atoms with van der Waals surface area (Å²) >= 11 is 12.4. The van der Waals surface area contributed by atoms with Crippen molar-refractivity contribution < 1.29 is 4.79 Å². The fraction of sp³-hybridized carbons (Fsp3) is 0.154. The Morgan fingerprint density at radius 3 is 2.62 bits per heavy atom. The summed E-state index contributed by atoms with van der Waals surface area (Å²) < 4.78 is 0. The molecule has 1 aromatic carbocycles.